The van der Waals surface area contributed by atoms with Gasteiger partial charge in [0.25, 0.3) is 5.56 Å². The maximum absolute atomic E-state index is 13.2. The smallest absolute Gasteiger partial charge is 0.252 e. The Balaban J connectivity index is 1.44. The van der Waals surface area contributed by atoms with Crippen LogP contribution >= 0.6 is 0 Å². The minimum atomic E-state index is -0.0494. The first-order chi connectivity index (χ1) is 18.0. The molecule has 0 aliphatic carbocycles. The minimum Gasteiger partial charge on any atom is -0.377 e. The van der Waals surface area contributed by atoms with Gasteiger partial charge < -0.3 is 9.72 Å². The Labute approximate surface area is 217 Å². The number of benzene rings is 2. The number of ether oxygens (including phenoxy) is 1. The molecule has 4 aromatic rings. The molecule has 1 fully saturated rings. The van der Waals surface area contributed by atoms with E-state index in [1.54, 1.807) is 0 Å². The predicted octanol–water partition coefficient (Wildman–Crippen LogP) is 4.51. The molecular weight excluding hydrogens is 464 g/mol. The molecule has 0 saturated carbocycles. The summed E-state index contributed by atoms with van der Waals surface area (Å²) in [6.45, 7) is 9.05. The molecule has 0 radical (unpaired) electrons. The van der Waals surface area contributed by atoms with Gasteiger partial charge in [0.2, 0.25) is 0 Å². The largest absolute Gasteiger partial charge is 0.377 e. The van der Waals surface area contributed by atoms with Gasteiger partial charge in [0.1, 0.15) is 0 Å². The Morgan fingerprint density at radius 2 is 1.97 bits per heavy atom. The lowest BCUT2D eigenvalue weighted by atomic mass is 10.0. The zero-order valence-electron chi connectivity index (χ0n) is 22.0. The molecule has 8 nitrogen and oxygen atoms in total. The normalized spacial score (nSPS) is 16.6. The molecule has 37 heavy (non-hydrogen) atoms. The zero-order valence-corrected chi connectivity index (χ0v) is 22.0. The van der Waals surface area contributed by atoms with E-state index in [0.717, 1.165) is 61.1 Å². The van der Waals surface area contributed by atoms with Crippen molar-refractivity contribution in [2.24, 2.45) is 0 Å². The van der Waals surface area contributed by atoms with E-state index in [4.69, 9.17) is 4.74 Å². The van der Waals surface area contributed by atoms with Gasteiger partial charge in [0, 0.05) is 37.3 Å². The number of hydrogen-bond acceptors (Lipinski definition) is 6. The van der Waals surface area contributed by atoms with Crippen molar-refractivity contribution >= 4 is 10.9 Å². The quantitative estimate of drug-likeness (QED) is 0.345. The molecule has 1 aliphatic rings. The van der Waals surface area contributed by atoms with Crippen LogP contribution in [-0.2, 0) is 24.2 Å². The second kappa shape index (κ2) is 11.4. The predicted molar refractivity (Wildman–Crippen MR) is 144 cm³/mol. The fourth-order valence-electron chi connectivity index (χ4n) is 5.30. The van der Waals surface area contributed by atoms with Crippen LogP contribution < -0.4 is 5.56 Å². The Kier molecular flexibility index (Phi) is 7.76. The molecule has 8 heteroatoms. The summed E-state index contributed by atoms with van der Waals surface area (Å²) in [4.78, 5) is 18.6. The standard InChI is InChI=1S/C29H36N6O2/c1-4-27(28-31-32-33-35(28)13-12-22-9-6-5-7-10-22)34(19-25-11-8-14-37-25)18-24-17-23-15-20(2)21(3)16-26(23)30-29(24)36/h5-7,9-10,15-17,25,27H,4,8,11-14,18-19H2,1-3H3,(H,30,36). The van der Waals surface area contributed by atoms with Crippen LogP contribution in [0.2, 0.25) is 0 Å². The Morgan fingerprint density at radius 3 is 2.73 bits per heavy atom. The molecule has 0 spiro atoms. The molecule has 1 N–H and O–H groups in total. The average Bonchev–Trinajstić information content (AvgIpc) is 3.58. The number of hydrogen-bond donors (Lipinski definition) is 1. The van der Waals surface area contributed by atoms with Crippen molar-refractivity contribution in [3.63, 3.8) is 0 Å². The summed E-state index contributed by atoms with van der Waals surface area (Å²) in [5, 5.41) is 13.9. The number of aryl methyl sites for hydroxylation is 4. The molecule has 1 aliphatic heterocycles. The number of aromatic nitrogens is 5. The van der Waals surface area contributed by atoms with Crippen LogP contribution in [-0.4, -0.2) is 49.3 Å². The maximum Gasteiger partial charge on any atom is 0.252 e. The Morgan fingerprint density at radius 1 is 1.16 bits per heavy atom. The highest BCUT2D eigenvalue weighted by Gasteiger charge is 2.29. The first kappa shape index (κ1) is 25.3. The van der Waals surface area contributed by atoms with Gasteiger partial charge in [0.05, 0.1) is 12.1 Å². The molecule has 2 unspecified atom stereocenters. The van der Waals surface area contributed by atoms with Crippen molar-refractivity contribution in [2.45, 2.75) is 71.7 Å². The van der Waals surface area contributed by atoms with Crippen molar-refractivity contribution in [1.82, 2.24) is 30.1 Å². The van der Waals surface area contributed by atoms with E-state index < -0.39 is 0 Å². The molecule has 194 valence electrons. The van der Waals surface area contributed by atoms with Crippen molar-refractivity contribution in [2.75, 3.05) is 13.2 Å². The molecule has 2 atom stereocenters. The number of rotatable bonds is 10. The third-order valence-electron chi connectivity index (χ3n) is 7.51. The summed E-state index contributed by atoms with van der Waals surface area (Å²) in [5.41, 5.74) is 5.21. The van der Waals surface area contributed by atoms with Crippen LogP contribution in [0.25, 0.3) is 10.9 Å². The molecule has 0 bridgehead atoms. The van der Waals surface area contributed by atoms with Gasteiger partial charge in [-0.3, -0.25) is 9.69 Å². The molecule has 2 aromatic heterocycles. The SMILES string of the molecule is CCC(c1nnnn1CCc1ccccc1)N(Cc1cc2cc(C)c(C)cc2[nH]c1=O)CC1CCCO1. The van der Waals surface area contributed by atoms with Crippen LogP contribution in [0.1, 0.15) is 60.3 Å². The second-order valence-electron chi connectivity index (χ2n) is 10.1. The van der Waals surface area contributed by atoms with Crippen LogP contribution in [0.4, 0.5) is 0 Å². The summed E-state index contributed by atoms with van der Waals surface area (Å²) >= 11 is 0. The third-order valence-corrected chi connectivity index (χ3v) is 7.51. The molecule has 1 saturated heterocycles. The molecular formula is C29H36N6O2. The van der Waals surface area contributed by atoms with Crippen LogP contribution in [0.5, 0.6) is 0 Å². The van der Waals surface area contributed by atoms with E-state index >= 15 is 0 Å². The van der Waals surface area contributed by atoms with E-state index in [1.165, 1.54) is 16.7 Å². The molecule has 3 heterocycles. The number of aromatic amines is 1. The van der Waals surface area contributed by atoms with Gasteiger partial charge in [-0.05, 0) is 90.2 Å². The van der Waals surface area contributed by atoms with Crippen LogP contribution in [0, 0.1) is 13.8 Å². The number of pyridine rings is 1. The van der Waals surface area contributed by atoms with E-state index in [0.29, 0.717) is 13.1 Å². The van der Waals surface area contributed by atoms with E-state index in [9.17, 15) is 4.79 Å². The van der Waals surface area contributed by atoms with Crippen molar-refractivity contribution in [3.05, 3.63) is 87.0 Å². The monoisotopic (exact) mass is 500 g/mol. The summed E-state index contributed by atoms with van der Waals surface area (Å²) in [5.74, 6) is 0.833. The lowest BCUT2D eigenvalue weighted by Gasteiger charge is -2.32. The molecule has 2 aromatic carbocycles. The molecule has 5 rings (SSSR count). The third kappa shape index (κ3) is 5.81. The Hall–Kier alpha value is -3.36. The number of nitrogens with one attached hydrogen (secondary N) is 1. The second-order valence-corrected chi connectivity index (χ2v) is 10.1. The van der Waals surface area contributed by atoms with Gasteiger partial charge >= 0.3 is 0 Å². The maximum atomic E-state index is 13.2. The van der Waals surface area contributed by atoms with Gasteiger partial charge in [-0.25, -0.2) is 4.68 Å². The lowest BCUT2D eigenvalue weighted by molar-refractivity contribution is 0.0488. The number of fused-ring (bicyclic) bond motifs is 1. The first-order valence-corrected chi connectivity index (χ1v) is 13.3. The van der Waals surface area contributed by atoms with Gasteiger partial charge in [-0.15, -0.1) is 5.10 Å². The number of H-pyrrole nitrogens is 1. The van der Waals surface area contributed by atoms with Crippen molar-refractivity contribution in [3.8, 4) is 0 Å². The number of tetrazole rings is 1. The fraction of sp³-hybridized carbons (Fsp3) is 0.448. The summed E-state index contributed by atoms with van der Waals surface area (Å²) < 4.78 is 7.93. The number of nitrogens with zero attached hydrogens (tertiary/aromatic N) is 5. The van der Waals surface area contributed by atoms with Crippen molar-refractivity contribution < 1.29 is 4.74 Å². The topological polar surface area (TPSA) is 88.9 Å². The van der Waals surface area contributed by atoms with E-state index in [1.807, 2.05) is 16.8 Å². The minimum absolute atomic E-state index is 0.0372. The lowest BCUT2D eigenvalue weighted by Crippen LogP contribution is -2.37. The fourth-order valence-corrected chi connectivity index (χ4v) is 5.30. The van der Waals surface area contributed by atoms with E-state index in [2.05, 4.69) is 82.6 Å². The van der Waals surface area contributed by atoms with Crippen molar-refractivity contribution in [1.29, 1.82) is 0 Å². The van der Waals surface area contributed by atoms with Crippen LogP contribution in [0.15, 0.2) is 53.3 Å². The van der Waals surface area contributed by atoms with Gasteiger partial charge in [-0.1, -0.05) is 37.3 Å². The zero-order chi connectivity index (χ0) is 25.8. The average molecular weight is 501 g/mol. The highest BCUT2D eigenvalue weighted by atomic mass is 16.5. The highest BCUT2D eigenvalue weighted by Crippen LogP contribution is 2.27. The summed E-state index contributed by atoms with van der Waals surface area (Å²) in [6.07, 6.45) is 3.91. The Bertz CT molecular complexity index is 1390. The summed E-state index contributed by atoms with van der Waals surface area (Å²) in [6, 6.07) is 16.6. The first-order valence-electron chi connectivity index (χ1n) is 13.3. The summed E-state index contributed by atoms with van der Waals surface area (Å²) in [7, 11) is 0. The van der Waals surface area contributed by atoms with Gasteiger partial charge in [0.15, 0.2) is 5.82 Å². The van der Waals surface area contributed by atoms with E-state index in [-0.39, 0.29) is 17.7 Å². The van der Waals surface area contributed by atoms with Crippen LogP contribution in [0.3, 0.4) is 0 Å². The van der Waals surface area contributed by atoms with Gasteiger partial charge in [-0.2, -0.15) is 0 Å². The molecule has 0 amide bonds. The highest BCUT2D eigenvalue weighted by molar-refractivity contribution is 5.80.